The SMILES string of the molecule is Cc1nc(C2CCCCC2)nc(N)c1I. The molecule has 15 heavy (non-hydrogen) atoms. The van der Waals surface area contributed by atoms with Crippen LogP contribution < -0.4 is 5.73 Å². The third-order valence-corrected chi connectivity index (χ3v) is 4.36. The van der Waals surface area contributed by atoms with Gasteiger partial charge < -0.3 is 5.73 Å². The molecule has 3 nitrogen and oxygen atoms in total. The van der Waals surface area contributed by atoms with E-state index in [2.05, 4.69) is 32.6 Å². The van der Waals surface area contributed by atoms with Crippen LogP contribution in [0.5, 0.6) is 0 Å². The van der Waals surface area contributed by atoms with Crippen LogP contribution in [0.2, 0.25) is 0 Å². The first-order valence-corrected chi connectivity index (χ1v) is 6.56. The van der Waals surface area contributed by atoms with Crippen molar-refractivity contribution in [1.29, 1.82) is 0 Å². The van der Waals surface area contributed by atoms with Crippen molar-refractivity contribution >= 4 is 28.4 Å². The molecule has 1 saturated carbocycles. The molecule has 2 rings (SSSR count). The van der Waals surface area contributed by atoms with Crippen molar-refractivity contribution in [3.05, 3.63) is 15.1 Å². The van der Waals surface area contributed by atoms with Crippen LogP contribution >= 0.6 is 22.6 Å². The van der Waals surface area contributed by atoms with Crippen molar-refractivity contribution in [1.82, 2.24) is 9.97 Å². The number of anilines is 1. The van der Waals surface area contributed by atoms with Gasteiger partial charge in [-0.05, 0) is 42.4 Å². The zero-order chi connectivity index (χ0) is 10.8. The Morgan fingerprint density at radius 2 is 1.87 bits per heavy atom. The molecule has 4 heteroatoms. The van der Waals surface area contributed by atoms with Crippen LogP contribution in [-0.4, -0.2) is 9.97 Å². The monoisotopic (exact) mass is 317 g/mol. The van der Waals surface area contributed by atoms with Crippen LogP contribution in [0.25, 0.3) is 0 Å². The Morgan fingerprint density at radius 1 is 1.20 bits per heavy atom. The van der Waals surface area contributed by atoms with E-state index in [1.54, 1.807) is 0 Å². The fraction of sp³-hybridized carbons (Fsp3) is 0.636. The first kappa shape index (κ1) is 11.1. The predicted molar refractivity (Wildman–Crippen MR) is 69.7 cm³/mol. The van der Waals surface area contributed by atoms with Crippen molar-refractivity contribution in [2.45, 2.75) is 44.9 Å². The molecule has 0 amide bonds. The Balaban J connectivity index is 2.27. The molecule has 0 spiro atoms. The first-order valence-electron chi connectivity index (χ1n) is 5.48. The molecule has 0 saturated heterocycles. The van der Waals surface area contributed by atoms with Gasteiger partial charge in [-0.15, -0.1) is 0 Å². The minimum atomic E-state index is 0.539. The quantitative estimate of drug-likeness (QED) is 0.810. The van der Waals surface area contributed by atoms with Crippen molar-refractivity contribution in [2.24, 2.45) is 0 Å². The van der Waals surface area contributed by atoms with Crippen molar-refractivity contribution in [3.63, 3.8) is 0 Å². The van der Waals surface area contributed by atoms with Gasteiger partial charge in [-0.1, -0.05) is 19.3 Å². The number of hydrogen-bond acceptors (Lipinski definition) is 3. The molecule has 2 N–H and O–H groups in total. The average molecular weight is 317 g/mol. The van der Waals surface area contributed by atoms with Crippen LogP contribution in [-0.2, 0) is 0 Å². The van der Waals surface area contributed by atoms with E-state index in [0.29, 0.717) is 11.7 Å². The summed E-state index contributed by atoms with van der Waals surface area (Å²) < 4.78 is 0.993. The maximum absolute atomic E-state index is 5.87. The lowest BCUT2D eigenvalue weighted by molar-refractivity contribution is 0.428. The smallest absolute Gasteiger partial charge is 0.140 e. The van der Waals surface area contributed by atoms with Gasteiger partial charge >= 0.3 is 0 Å². The maximum atomic E-state index is 5.87. The molecule has 1 aliphatic carbocycles. The summed E-state index contributed by atoms with van der Waals surface area (Å²) in [4.78, 5) is 8.98. The van der Waals surface area contributed by atoms with Gasteiger partial charge in [-0.2, -0.15) is 0 Å². The van der Waals surface area contributed by atoms with Crippen LogP contribution in [0, 0.1) is 10.5 Å². The Morgan fingerprint density at radius 3 is 2.47 bits per heavy atom. The van der Waals surface area contributed by atoms with Gasteiger partial charge in [0.1, 0.15) is 11.6 Å². The molecular weight excluding hydrogens is 301 g/mol. The van der Waals surface area contributed by atoms with E-state index < -0.39 is 0 Å². The number of halogens is 1. The zero-order valence-electron chi connectivity index (χ0n) is 8.96. The molecule has 1 aliphatic rings. The summed E-state index contributed by atoms with van der Waals surface area (Å²) in [6, 6.07) is 0. The number of nitrogen functional groups attached to an aromatic ring is 1. The van der Waals surface area contributed by atoms with Crippen LogP contribution in [0.3, 0.4) is 0 Å². The molecule has 0 atom stereocenters. The Hall–Kier alpha value is -0.390. The molecule has 1 heterocycles. The van der Waals surface area contributed by atoms with E-state index in [0.717, 1.165) is 15.1 Å². The highest BCUT2D eigenvalue weighted by Gasteiger charge is 2.19. The Labute approximate surface area is 104 Å². The van der Waals surface area contributed by atoms with Gasteiger partial charge in [-0.25, -0.2) is 9.97 Å². The van der Waals surface area contributed by atoms with Gasteiger partial charge in [0.2, 0.25) is 0 Å². The number of rotatable bonds is 1. The molecule has 0 aliphatic heterocycles. The van der Waals surface area contributed by atoms with E-state index in [1.165, 1.54) is 32.1 Å². The standard InChI is InChI=1S/C11H16IN3/c1-7-9(12)10(13)15-11(14-7)8-5-3-2-4-6-8/h8H,2-6H2,1H3,(H2,13,14,15). The van der Waals surface area contributed by atoms with Gasteiger partial charge in [0.05, 0.1) is 9.26 Å². The fourth-order valence-corrected chi connectivity index (χ4v) is 2.39. The molecule has 1 aromatic rings. The van der Waals surface area contributed by atoms with Gasteiger partial charge in [0.15, 0.2) is 0 Å². The summed E-state index contributed by atoms with van der Waals surface area (Å²) in [7, 11) is 0. The van der Waals surface area contributed by atoms with E-state index in [9.17, 15) is 0 Å². The molecule has 0 radical (unpaired) electrons. The van der Waals surface area contributed by atoms with Gasteiger partial charge in [0.25, 0.3) is 0 Å². The molecular formula is C11H16IN3. The Bertz CT molecular complexity index is 336. The molecule has 0 aromatic carbocycles. The van der Waals surface area contributed by atoms with Crippen LogP contribution in [0.4, 0.5) is 5.82 Å². The van der Waals surface area contributed by atoms with Gasteiger partial charge in [-0.3, -0.25) is 0 Å². The van der Waals surface area contributed by atoms with Crippen LogP contribution in [0.1, 0.15) is 49.5 Å². The molecule has 1 fully saturated rings. The molecule has 1 aromatic heterocycles. The summed E-state index contributed by atoms with van der Waals surface area (Å²) in [5.41, 5.74) is 6.89. The largest absolute Gasteiger partial charge is 0.383 e. The summed E-state index contributed by atoms with van der Waals surface area (Å²) in [5.74, 6) is 2.14. The van der Waals surface area contributed by atoms with E-state index in [-0.39, 0.29) is 0 Å². The highest BCUT2D eigenvalue weighted by atomic mass is 127. The summed E-state index contributed by atoms with van der Waals surface area (Å²) >= 11 is 2.21. The lowest BCUT2D eigenvalue weighted by Gasteiger charge is -2.20. The molecule has 0 bridgehead atoms. The lowest BCUT2D eigenvalue weighted by Crippen LogP contribution is -2.12. The van der Waals surface area contributed by atoms with E-state index in [1.807, 2.05) is 6.92 Å². The average Bonchev–Trinajstić information content (AvgIpc) is 2.26. The van der Waals surface area contributed by atoms with Gasteiger partial charge in [0, 0.05) is 5.92 Å². The highest BCUT2D eigenvalue weighted by molar-refractivity contribution is 14.1. The second-order valence-corrected chi connectivity index (χ2v) is 5.28. The van der Waals surface area contributed by atoms with Crippen LogP contribution in [0.15, 0.2) is 0 Å². The highest BCUT2D eigenvalue weighted by Crippen LogP contribution is 2.31. The second-order valence-electron chi connectivity index (χ2n) is 4.20. The number of aromatic nitrogens is 2. The maximum Gasteiger partial charge on any atom is 0.140 e. The van der Waals surface area contributed by atoms with Crippen molar-refractivity contribution in [3.8, 4) is 0 Å². The number of nitrogens with zero attached hydrogens (tertiary/aromatic N) is 2. The first-order chi connectivity index (χ1) is 7.18. The fourth-order valence-electron chi connectivity index (χ4n) is 2.15. The predicted octanol–water partition coefficient (Wildman–Crippen LogP) is 3.02. The summed E-state index contributed by atoms with van der Waals surface area (Å²) in [6.07, 6.45) is 6.41. The van der Waals surface area contributed by atoms with E-state index in [4.69, 9.17) is 5.73 Å². The minimum Gasteiger partial charge on any atom is -0.383 e. The number of hydrogen-bond donors (Lipinski definition) is 1. The Kier molecular flexibility index (Phi) is 3.43. The summed E-state index contributed by atoms with van der Waals surface area (Å²) in [5, 5.41) is 0. The number of aryl methyl sites for hydroxylation is 1. The van der Waals surface area contributed by atoms with E-state index >= 15 is 0 Å². The third kappa shape index (κ3) is 2.41. The lowest BCUT2D eigenvalue weighted by atomic mass is 9.88. The topological polar surface area (TPSA) is 51.8 Å². The van der Waals surface area contributed by atoms with Crippen molar-refractivity contribution < 1.29 is 0 Å². The second kappa shape index (κ2) is 4.63. The zero-order valence-corrected chi connectivity index (χ0v) is 11.1. The third-order valence-electron chi connectivity index (χ3n) is 3.03. The normalized spacial score (nSPS) is 18.0. The molecule has 82 valence electrons. The number of nitrogens with two attached hydrogens (primary N) is 1. The summed E-state index contributed by atoms with van der Waals surface area (Å²) in [6.45, 7) is 2.01. The van der Waals surface area contributed by atoms with Crippen molar-refractivity contribution in [2.75, 3.05) is 5.73 Å². The molecule has 0 unspecified atom stereocenters. The minimum absolute atomic E-state index is 0.539.